The second kappa shape index (κ2) is 7.44. The van der Waals surface area contributed by atoms with Crippen LogP contribution in [0.2, 0.25) is 10.0 Å². The summed E-state index contributed by atoms with van der Waals surface area (Å²) in [7, 11) is 0. The van der Waals surface area contributed by atoms with Crippen molar-refractivity contribution in [3.63, 3.8) is 0 Å². The number of benzene rings is 2. The highest BCUT2D eigenvalue weighted by molar-refractivity contribution is 6.42. The van der Waals surface area contributed by atoms with Crippen LogP contribution in [0, 0.1) is 0 Å². The molecule has 2 nitrogen and oxygen atoms in total. The molecule has 0 bridgehead atoms. The quantitative estimate of drug-likeness (QED) is 0.491. The SMILES string of the molecule is CC(F)(F)c1ccc(C2NCc3c(ccc(Cl)c3Cl)-n3cccc32)cc1.Cl. The first-order valence-corrected chi connectivity index (χ1v) is 8.98. The third kappa shape index (κ3) is 3.59. The summed E-state index contributed by atoms with van der Waals surface area (Å²) < 4.78 is 29.1. The van der Waals surface area contributed by atoms with E-state index in [9.17, 15) is 8.78 Å². The number of halogens is 5. The molecule has 2 heterocycles. The molecule has 0 saturated carbocycles. The lowest BCUT2D eigenvalue weighted by atomic mass is 10.0. The van der Waals surface area contributed by atoms with Crippen LogP contribution in [0.15, 0.2) is 54.7 Å². The van der Waals surface area contributed by atoms with Crippen molar-refractivity contribution in [2.24, 2.45) is 0 Å². The Hall–Kier alpha value is -1.59. The van der Waals surface area contributed by atoms with E-state index in [1.807, 2.05) is 24.4 Å². The van der Waals surface area contributed by atoms with Gasteiger partial charge in [-0.2, -0.15) is 0 Å². The predicted octanol–water partition coefficient (Wildman–Crippen LogP) is 6.51. The molecule has 3 aromatic rings. The molecule has 0 aliphatic carbocycles. The molecule has 0 radical (unpaired) electrons. The molecule has 0 saturated heterocycles. The highest BCUT2D eigenvalue weighted by Gasteiger charge is 2.27. The first-order valence-electron chi connectivity index (χ1n) is 8.22. The molecular formula is C20H17Cl3F2N2. The predicted molar refractivity (Wildman–Crippen MR) is 108 cm³/mol. The molecular weight excluding hydrogens is 413 g/mol. The van der Waals surface area contributed by atoms with Crippen LogP contribution in [-0.4, -0.2) is 4.57 Å². The van der Waals surface area contributed by atoms with E-state index in [1.54, 1.807) is 18.2 Å². The fraction of sp³-hybridized carbons (Fsp3) is 0.200. The monoisotopic (exact) mass is 428 g/mol. The fourth-order valence-electron chi connectivity index (χ4n) is 3.39. The molecule has 142 valence electrons. The van der Waals surface area contributed by atoms with Gasteiger partial charge in [-0.1, -0.05) is 47.5 Å². The summed E-state index contributed by atoms with van der Waals surface area (Å²) in [6, 6.07) is 14.0. The lowest BCUT2D eigenvalue weighted by Gasteiger charge is -2.19. The molecule has 0 spiro atoms. The smallest absolute Gasteiger partial charge is 0.270 e. The molecule has 27 heavy (non-hydrogen) atoms. The van der Waals surface area contributed by atoms with Gasteiger partial charge in [0, 0.05) is 36.5 Å². The Kier molecular flexibility index (Phi) is 5.55. The average molecular weight is 430 g/mol. The van der Waals surface area contributed by atoms with Crippen LogP contribution >= 0.6 is 35.6 Å². The topological polar surface area (TPSA) is 17.0 Å². The van der Waals surface area contributed by atoms with Crippen molar-refractivity contribution in [1.29, 1.82) is 0 Å². The summed E-state index contributed by atoms with van der Waals surface area (Å²) in [5.74, 6) is -2.85. The van der Waals surface area contributed by atoms with Crippen molar-refractivity contribution in [1.82, 2.24) is 9.88 Å². The summed E-state index contributed by atoms with van der Waals surface area (Å²) in [6.07, 6.45) is 1.97. The van der Waals surface area contributed by atoms with Crippen molar-refractivity contribution < 1.29 is 8.78 Å². The van der Waals surface area contributed by atoms with Crippen LogP contribution in [0.25, 0.3) is 5.69 Å². The molecule has 2 aromatic carbocycles. The Labute approximate surface area is 172 Å². The second-order valence-electron chi connectivity index (χ2n) is 6.49. The first-order chi connectivity index (χ1) is 12.4. The van der Waals surface area contributed by atoms with Crippen LogP contribution in [-0.2, 0) is 12.5 Å². The third-order valence-electron chi connectivity index (χ3n) is 4.74. The maximum atomic E-state index is 13.5. The molecule has 7 heteroatoms. The van der Waals surface area contributed by atoms with Gasteiger partial charge in [-0.3, -0.25) is 0 Å². The van der Waals surface area contributed by atoms with E-state index in [4.69, 9.17) is 23.2 Å². The minimum Gasteiger partial charge on any atom is -0.319 e. The Morgan fingerprint density at radius 2 is 1.78 bits per heavy atom. The number of rotatable bonds is 2. The largest absolute Gasteiger partial charge is 0.319 e. The number of alkyl halides is 2. The van der Waals surface area contributed by atoms with Gasteiger partial charge in [0.15, 0.2) is 0 Å². The minimum atomic E-state index is -2.85. The van der Waals surface area contributed by atoms with Crippen LogP contribution in [0.5, 0.6) is 0 Å². The Morgan fingerprint density at radius 1 is 1.07 bits per heavy atom. The van der Waals surface area contributed by atoms with Crippen molar-refractivity contribution in [2.75, 3.05) is 0 Å². The Balaban J connectivity index is 0.00000210. The minimum absolute atomic E-state index is 0. The maximum absolute atomic E-state index is 13.5. The molecule has 1 unspecified atom stereocenters. The maximum Gasteiger partial charge on any atom is 0.270 e. The molecule has 1 aromatic heterocycles. The lowest BCUT2D eigenvalue weighted by Crippen LogP contribution is -2.21. The first kappa shape index (κ1) is 20.2. The molecule has 0 fully saturated rings. The van der Waals surface area contributed by atoms with E-state index in [1.165, 1.54) is 12.1 Å². The van der Waals surface area contributed by atoms with Gasteiger partial charge in [0.1, 0.15) is 0 Å². The lowest BCUT2D eigenvalue weighted by molar-refractivity contribution is 0.0174. The third-order valence-corrected chi connectivity index (χ3v) is 5.58. The summed E-state index contributed by atoms with van der Waals surface area (Å²) in [6.45, 7) is 1.42. The van der Waals surface area contributed by atoms with E-state index < -0.39 is 5.92 Å². The van der Waals surface area contributed by atoms with E-state index >= 15 is 0 Å². The van der Waals surface area contributed by atoms with Gasteiger partial charge in [0.25, 0.3) is 5.92 Å². The van der Waals surface area contributed by atoms with E-state index in [2.05, 4.69) is 9.88 Å². The number of fused-ring (bicyclic) bond motifs is 3. The highest BCUT2D eigenvalue weighted by Crippen LogP contribution is 2.37. The second-order valence-corrected chi connectivity index (χ2v) is 7.27. The standard InChI is InChI=1S/C20H16Cl2F2N2.ClH/c1-20(23,24)13-6-4-12(5-7-13)19-17-3-2-10-26(17)16-9-8-15(21)18(22)14(16)11-25-19;/h2-10,19,25H,11H2,1H3;1H. The van der Waals surface area contributed by atoms with E-state index in [0.29, 0.717) is 16.6 Å². The molecule has 1 aliphatic heterocycles. The van der Waals surface area contributed by atoms with Crippen LogP contribution in [0.3, 0.4) is 0 Å². The van der Waals surface area contributed by atoms with Crippen molar-refractivity contribution >= 4 is 35.6 Å². The van der Waals surface area contributed by atoms with Crippen molar-refractivity contribution in [3.05, 3.63) is 87.2 Å². The molecule has 1 atom stereocenters. The number of hydrogen-bond acceptors (Lipinski definition) is 1. The van der Waals surface area contributed by atoms with Gasteiger partial charge in [-0.25, -0.2) is 8.78 Å². The Bertz CT molecular complexity index is 962. The van der Waals surface area contributed by atoms with Gasteiger partial charge in [0.2, 0.25) is 0 Å². The van der Waals surface area contributed by atoms with E-state index in [-0.39, 0.29) is 24.0 Å². The number of nitrogens with one attached hydrogen (secondary N) is 1. The summed E-state index contributed by atoms with van der Waals surface area (Å²) in [5.41, 5.74) is 3.80. The average Bonchev–Trinajstić information content (AvgIpc) is 3.02. The molecule has 1 N–H and O–H groups in total. The van der Waals surface area contributed by atoms with Gasteiger partial charge in [0.05, 0.1) is 21.8 Å². The van der Waals surface area contributed by atoms with Crippen molar-refractivity contribution in [2.45, 2.75) is 25.4 Å². The summed E-state index contributed by atoms with van der Waals surface area (Å²) in [4.78, 5) is 0. The van der Waals surface area contributed by atoms with Gasteiger partial charge in [-0.15, -0.1) is 12.4 Å². The van der Waals surface area contributed by atoms with Crippen molar-refractivity contribution in [3.8, 4) is 5.69 Å². The summed E-state index contributed by atoms with van der Waals surface area (Å²) in [5, 5.41) is 4.51. The molecule has 4 rings (SSSR count). The molecule has 0 amide bonds. The van der Waals surface area contributed by atoms with Crippen LogP contribution < -0.4 is 5.32 Å². The van der Waals surface area contributed by atoms with Crippen LogP contribution in [0.4, 0.5) is 8.78 Å². The van der Waals surface area contributed by atoms with Gasteiger partial charge >= 0.3 is 0 Å². The summed E-state index contributed by atoms with van der Waals surface area (Å²) >= 11 is 12.6. The zero-order valence-corrected chi connectivity index (χ0v) is 16.7. The highest BCUT2D eigenvalue weighted by atomic mass is 35.5. The normalized spacial score (nSPS) is 16.1. The van der Waals surface area contributed by atoms with Gasteiger partial charge in [-0.05, 0) is 29.8 Å². The molecule has 1 aliphatic rings. The fourth-order valence-corrected chi connectivity index (χ4v) is 3.79. The van der Waals surface area contributed by atoms with E-state index in [0.717, 1.165) is 29.4 Å². The van der Waals surface area contributed by atoms with Gasteiger partial charge < -0.3 is 9.88 Å². The zero-order valence-electron chi connectivity index (χ0n) is 14.3. The Morgan fingerprint density at radius 3 is 2.44 bits per heavy atom. The number of hydrogen-bond donors (Lipinski definition) is 1. The number of aromatic nitrogens is 1. The zero-order chi connectivity index (χ0) is 18.5. The van der Waals surface area contributed by atoms with Crippen LogP contribution in [0.1, 0.15) is 35.3 Å². The number of nitrogens with zero attached hydrogens (tertiary/aromatic N) is 1.